The van der Waals surface area contributed by atoms with Crippen LogP contribution in [0.4, 0.5) is 0 Å². The topological polar surface area (TPSA) is 65.5 Å². The second-order valence-electron chi connectivity index (χ2n) is 5.39. The molecule has 0 aliphatic carbocycles. The molecule has 5 nitrogen and oxygen atoms in total. The van der Waals surface area contributed by atoms with Gasteiger partial charge < -0.3 is 13.7 Å². The molecule has 0 amide bonds. The van der Waals surface area contributed by atoms with Crippen LogP contribution in [0.25, 0.3) is 22.5 Å². The van der Waals surface area contributed by atoms with E-state index in [4.69, 9.17) is 13.7 Å². The van der Waals surface area contributed by atoms with Crippen molar-refractivity contribution in [3.05, 3.63) is 76.4 Å². The molecule has 6 heteroatoms. The first-order valence-electron chi connectivity index (χ1n) is 7.57. The Morgan fingerprint density at radius 3 is 2.68 bits per heavy atom. The third-order valence-corrected chi connectivity index (χ3v) is 4.36. The molecule has 0 saturated carbocycles. The number of hydrogen-bond donors (Lipinski definition) is 0. The summed E-state index contributed by atoms with van der Waals surface area (Å²) < 4.78 is 17.0. The van der Waals surface area contributed by atoms with Crippen molar-refractivity contribution in [1.29, 1.82) is 0 Å². The molecule has 0 saturated heterocycles. The summed E-state index contributed by atoms with van der Waals surface area (Å²) in [4.78, 5) is 12.1. The summed E-state index contributed by atoms with van der Waals surface area (Å²) in [6.45, 7) is 0.0178. The molecule has 0 aliphatic heterocycles. The van der Waals surface area contributed by atoms with Gasteiger partial charge in [-0.1, -0.05) is 35.5 Å². The van der Waals surface area contributed by atoms with Crippen molar-refractivity contribution in [2.75, 3.05) is 0 Å². The average molecular weight is 398 g/mol. The highest BCUT2D eigenvalue weighted by atomic mass is 79.9. The fourth-order valence-corrected chi connectivity index (χ4v) is 2.89. The number of aromatic nitrogens is 1. The molecule has 0 fully saturated rings. The summed E-state index contributed by atoms with van der Waals surface area (Å²) in [5, 5.41) is 4.91. The van der Waals surface area contributed by atoms with Gasteiger partial charge in [0.15, 0.2) is 5.76 Å². The number of para-hydroxylation sites is 1. The number of rotatable bonds is 4. The van der Waals surface area contributed by atoms with E-state index in [9.17, 15) is 4.79 Å². The zero-order valence-electron chi connectivity index (χ0n) is 12.9. The highest BCUT2D eigenvalue weighted by molar-refractivity contribution is 9.10. The fourth-order valence-electron chi connectivity index (χ4n) is 2.44. The molecule has 4 aromatic rings. The standard InChI is InChI=1S/C19H12BrNO4/c20-15-7-3-2-6-14(15)19(22)23-11-13-10-18(25-21-13)17-9-12-5-1-4-8-16(12)24-17/h1-10H,11H2. The van der Waals surface area contributed by atoms with Gasteiger partial charge >= 0.3 is 5.97 Å². The van der Waals surface area contributed by atoms with E-state index in [1.165, 1.54) is 0 Å². The number of furan rings is 1. The first-order chi connectivity index (χ1) is 12.2. The number of carbonyl (C=O) groups is 1. The Morgan fingerprint density at radius 2 is 1.84 bits per heavy atom. The van der Waals surface area contributed by atoms with Gasteiger partial charge in [-0.25, -0.2) is 4.79 Å². The number of halogens is 1. The first-order valence-corrected chi connectivity index (χ1v) is 8.36. The van der Waals surface area contributed by atoms with Gasteiger partial charge in [0.25, 0.3) is 0 Å². The molecule has 0 aliphatic rings. The summed E-state index contributed by atoms with van der Waals surface area (Å²) in [5.74, 6) is 0.640. The van der Waals surface area contributed by atoms with Gasteiger partial charge in [0.2, 0.25) is 5.76 Å². The molecule has 0 atom stereocenters. The lowest BCUT2D eigenvalue weighted by molar-refractivity contribution is 0.0463. The zero-order chi connectivity index (χ0) is 17.2. The van der Waals surface area contributed by atoms with Gasteiger partial charge in [-0.15, -0.1) is 0 Å². The van der Waals surface area contributed by atoms with Crippen LogP contribution in [0.15, 0.2) is 74.1 Å². The Kier molecular flexibility index (Phi) is 4.11. The molecular formula is C19H12BrNO4. The maximum atomic E-state index is 12.1. The van der Waals surface area contributed by atoms with Crippen LogP contribution in [0, 0.1) is 0 Å². The van der Waals surface area contributed by atoms with Crippen LogP contribution in [0.2, 0.25) is 0 Å². The highest BCUT2D eigenvalue weighted by Crippen LogP contribution is 2.28. The number of esters is 1. The van der Waals surface area contributed by atoms with Crippen molar-refractivity contribution in [3.63, 3.8) is 0 Å². The van der Waals surface area contributed by atoms with Gasteiger partial charge in [-0.3, -0.25) is 0 Å². The number of hydrogen-bond acceptors (Lipinski definition) is 5. The molecule has 2 aromatic carbocycles. The predicted octanol–water partition coefficient (Wildman–Crippen LogP) is 5.21. The lowest BCUT2D eigenvalue weighted by Gasteiger charge is -2.03. The molecular weight excluding hydrogens is 386 g/mol. The Labute approximate surface area is 151 Å². The minimum Gasteiger partial charge on any atom is -0.455 e. The molecule has 25 heavy (non-hydrogen) atoms. The van der Waals surface area contributed by atoms with E-state index in [2.05, 4.69) is 21.1 Å². The van der Waals surface area contributed by atoms with Crippen LogP contribution in [0.5, 0.6) is 0 Å². The van der Waals surface area contributed by atoms with E-state index in [0.717, 1.165) is 11.0 Å². The van der Waals surface area contributed by atoms with Crippen molar-refractivity contribution >= 4 is 32.9 Å². The second-order valence-corrected chi connectivity index (χ2v) is 6.24. The first kappa shape index (κ1) is 15.7. The van der Waals surface area contributed by atoms with E-state index in [1.807, 2.05) is 36.4 Å². The molecule has 2 aromatic heterocycles. The van der Waals surface area contributed by atoms with E-state index < -0.39 is 5.97 Å². The third kappa shape index (κ3) is 3.21. The van der Waals surface area contributed by atoms with Crippen molar-refractivity contribution in [3.8, 4) is 11.5 Å². The van der Waals surface area contributed by atoms with Gasteiger partial charge in [-0.05, 0) is 40.2 Å². The SMILES string of the molecule is O=C(OCc1cc(-c2cc3ccccc3o2)on1)c1ccccc1Br. The molecule has 2 heterocycles. The fraction of sp³-hybridized carbons (Fsp3) is 0.0526. The summed E-state index contributed by atoms with van der Waals surface area (Å²) >= 11 is 3.33. The molecule has 0 unspecified atom stereocenters. The van der Waals surface area contributed by atoms with Crippen LogP contribution in [-0.2, 0) is 11.3 Å². The van der Waals surface area contributed by atoms with Crippen LogP contribution in [0.3, 0.4) is 0 Å². The molecule has 0 bridgehead atoms. The number of fused-ring (bicyclic) bond motifs is 1. The predicted molar refractivity (Wildman–Crippen MR) is 95.0 cm³/mol. The van der Waals surface area contributed by atoms with E-state index in [-0.39, 0.29) is 6.61 Å². The van der Waals surface area contributed by atoms with Gasteiger partial charge in [0.1, 0.15) is 17.9 Å². The summed E-state index contributed by atoms with van der Waals surface area (Å²) in [6, 6.07) is 18.3. The third-order valence-electron chi connectivity index (χ3n) is 3.67. The largest absolute Gasteiger partial charge is 0.455 e. The molecule has 0 radical (unpaired) electrons. The lowest BCUT2D eigenvalue weighted by Crippen LogP contribution is -2.06. The van der Waals surface area contributed by atoms with Gasteiger partial charge in [-0.2, -0.15) is 0 Å². The van der Waals surface area contributed by atoms with Crippen LogP contribution >= 0.6 is 15.9 Å². The monoisotopic (exact) mass is 397 g/mol. The maximum Gasteiger partial charge on any atom is 0.339 e. The molecule has 0 spiro atoms. The average Bonchev–Trinajstić information content (AvgIpc) is 3.26. The smallest absolute Gasteiger partial charge is 0.339 e. The Morgan fingerprint density at radius 1 is 1.04 bits per heavy atom. The Hall–Kier alpha value is -2.86. The summed E-state index contributed by atoms with van der Waals surface area (Å²) in [5.41, 5.74) is 1.75. The second kappa shape index (κ2) is 6.57. The molecule has 124 valence electrons. The van der Waals surface area contributed by atoms with Gasteiger partial charge in [0.05, 0.1) is 5.56 Å². The normalized spacial score (nSPS) is 10.9. The van der Waals surface area contributed by atoms with Crippen molar-refractivity contribution < 1.29 is 18.5 Å². The van der Waals surface area contributed by atoms with Gasteiger partial charge in [0, 0.05) is 15.9 Å². The Balaban J connectivity index is 1.48. The number of ether oxygens (including phenoxy) is 1. The quantitative estimate of drug-likeness (QED) is 0.442. The summed E-state index contributed by atoms with van der Waals surface area (Å²) in [6.07, 6.45) is 0. The van der Waals surface area contributed by atoms with Crippen LogP contribution in [-0.4, -0.2) is 11.1 Å². The number of carbonyl (C=O) groups excluding carboxylic acids is 1. The molecule has 4 rings (SSSR count). The van der Waals surface area contributed by atoms with Crippen LogP contribution < -0.4 is 0 Å². The van der Waals surface area contributed by atoms with E-state index in [1.54, 1.807) is 24.3 Å². The molecule has 0 N–H and O–H groups in total. The van der Waals surface area contributed by atoms with E-state index >= 15 is 0 Å². The number of benzene rings is 2. The van der Waals surface area contributed by atoms with Crippen LogP contribution in [0.1, 0.15) is 16.1 Å². The lowest BCUT2D eigenvalue weighted by atomic mass is 10.2. The van der Waals surface area contributed by atoms with Crippen molar-refractivity contribution in [2.45, 2.75) is 6.61 Å². The maximum absolute atomic E-state index is 12.1. The number of nitrogens with zero attached hydrogens (tertiary/aromatic N) is 1. The highest BCUT2D eigenvalue weighted by Gasteiger charge is 2.15. The zero-order valence-corrected chi connectivity index (χ0v) is 14.5. The van der Waals surface area contributed by atoms with Crippen molar-refractivity contribution in [1.82, 2.24) is 5.16 Å². The minimum atomic E-state index is -0.430. The summed E-state index contributed by atoms with van der Waals surface area (Å²) in [7, 11) is 0. The van der Waals surface area contributed by atoms with Crippen molar-refractivity contribution in [2.24, 2.45) is 0 Å². The minimum absolute atomic E-state index is 0.0178. The van der Waals surface area contributed by atoms with E-state index in [0.29, 0.717) is 27.3 Å². The Bertz CT molecular complexity index is 1020.